The van der Waals surface area contributed by atoms with Crippen LogP contribution >= 0.6 is 0 Å². The second-order valence-electron chi connectivity index (χ2n) is 6.34. The van der Waals surface area contributed by atoms with Crippen molar-refractivity contribution in [3.8, 4) is 11.5 Å². The number of benzene rings is 2. The van der Waals surface area contributed by atoms with Crippen molar-refractivity contribution in [2.24, 2.45) is 5.14 Å². The first-order chi connectivity index (χ1) is 12.7. The van der Waals surface area contributed by atoms with E-state index in [0.29, 0.717) is 18.0 Å². The summed E-state index contributed by atoms with van der Waals surface area (Å²) in [7, 11) is -1.91. The molecule has 3 rings (SSSR count). The number of nitrogens with one attached hydrogen (secondary N) is 1. The average molecular weight is 391 g/mol. The largest absolute Gasteiger partial charge is 0.454 e. The van der Waals surface area contributed by atoms with Gasteiger partial charge in [-0.15, -0.1) is 0 Å². The molecule has 0 radical (unpaired) electrons. The van der Waals surface area contributed by atoms with E-state index in [4.69, 9.17) is 14.6 Å². The van der Waals surface area contributed by atoms with Crippen LogP contribution in [0.1, 0.15) is 12.5 Å². The molecule has 0 aromatic heterocycles. The minimum absolute atomic E-state index is 0.00604. The number of rotatable bonds is 6. The molecule has 1 aliphatic rings. The molecule has 2 aromatic carbocycles. The van der Waals surface area contributed by atoms with Crippen LogP contribution in [-0.4, -0.2) is 39.1 Å². The lowest BCUT2D eigenvalue weighted by Crippen LogP contribution is -2.39. The second kappa shape index (κ2) is 7.55. The molecule has 2 aromatic rings. The Bertz CT molecular complexity index is 944. The number of nitrogens with two attached hydrogens (primary N) is 1. The standard InChI is InChI=1S/C18H21N3O5S/c1-12(18(22)20-14-4-6-15(7-5-14)27(19,23)24)21(2)10-13-3-8-16-17(9-13)26-11-25-16/h3-9,12H,10-11H2,1-2H3,(H,20,22)(H2,19,23,24)/t12-/m0/s1. The fraction of sp³-hybridized carbons (Fsp3) is 0.278. The van der Waals surface area contributed by atoms with Crippen LogP contribution in [0.3, 0.4) is 0 Å². The SMILES string of the molecule is C[C@@H](C(=O)Nc1ccc(S(N)(=O)=O)cc1)N(C)Cc1ccc2c(c1)OCO2. The summed E-state index contributed by atoms with van der Waals surface area (Å²) in [6, 6.07) is 11.0. The summed E-state index contributed by atoms with van der Waals surface area (Å²) in [6.07, 6.45) is 0. The first-order valence-corrected chi connectivity index (χ1v) is 9.81. The molecule has 0 bridgehead atoms. The van der Waals surface area contributed by atoms with Crippen molar-refractivity contribution in [3.63, 3.8) is 0 Å². The molecule has 0 saturated carbocycles. The van der Waals surface area contributed by atoms with E-state index >= 15 is 0 Å². The lowest BCUT2D eigenvalue weighted by molar-refractivity contribution is -0.120. The molecule has 0 unspecified atom stereocenters. The van der Waals surface area contributed by atoms with Crippen LogP contribution in [0.15, 0.2) is 47.4 Å². The fourth-order valence-electron chi connectivity index (χ4n) is 2.64. The molecule has 3 N–H and O–H groups in total. The zero-order chi connectivity index (χ0) is 19.6. The molecule has 1 aliphatic heterocycles. The van der Waals surface area contributed by atoms with Crippen LogP contribution < -0.4 is 19.9 Å². The Hall–Kier alpha value is -2.62. The van der Waals surface area contributed by atoms with Crippen LogP contribution in [0.4, 0.5) is 5.69 Å². The van der Waals surface area contributed by atoms with Gasteiger partial charge in [-0.2, -0.15) is 0 Å². The number of likely N-dealkylation sites (N-methyl/N-ethyl adjacent to an activating group) is 1. The zero-order valence-electron chi connectivity index (χ0n) is 15.0. The van der Waals surface area contributed by atoms with Gasteiger partial charge < -0.3 is 14.8 Å². The first-order valence-electron chi connectivity index (χ1n) is 8.26. The maximum Gasteiger partial charge on any atom is 0.241 e. The van der Waals surface area contributed by atoms with Crippen molar-refractivity contribution >= 4 is 21.6 Å². The van der Waals surface area contributed by atoms with Gasteiger partial charge in [0.2, 0.25) is 22.7 Å². The van der Waals surface area contributed by atoms with Crippen LogP contribution in [-0.2, 0) is 21.4 Å². The number of ether oxygens (including phenoxy) is 2. The Morgan fingerprint density at radius 2 is 1.85 bits per heavy atom. The van der Waals surface area contributed by atoms with Crippen molar-refractivity contribution in [1.82, 2.24) is 4.90 Å². The Morgan fingerprint density at radius 1 is 1.19 bits per heavy atom. The number of amides is 1. The molecule has 144 valence electrons. The van der Waals surface area contributed by atoms with Crippen molar-refractivity contribution in [2.75, 3.05) is 19.2 Å². The van der Waals surface area contributed by atoms with Crippen molar-refractivity contribution in [1.29, 1.82) is 0 Å². The van der Waals surface area contributed by atoms with E-state index in [-0.39, 0.29) is 17.6 Å². The highest BCUT2D eigenvalue weighted by Gasteiger charge is 2.20. The Labute approximate surface area is 157 Å². The van der Waals surface area contributed by atoms with Gasteiger partial charge in [-0.05, 0) is 55.9 Å². The third-order valence-electron chi connectivity index (χ3n) is 4.36. The van der Waals surface area contributed by atoms with Crippen LogP contribution in [0.5, 0.6) is 11.5 Å². The van der Waals surface area contributed by atoms with E-state index in [1.807, 2.05) is 30.1 Å². The molecule has 0 fully saturated rings. The summed E-state index contributed by atoms with van der Waals surface area (Å²) < 4.78 is 33.2. The Morgan fingerprint density at radius 3 is 2.52 bits per heavy atom. The highest BCUT2D eigenvalue weighted by molar-refractivity contribution is 7.89. The maximum atomic E-state index is 12.5. The van der Waals surface area contributed by atoms with E-state index in [0.717, 1.165) is 11.3 Å². The van der Waals surface area contributed by atoms with Gasteiger partial charge in [0.25, 0.3) is 0 Å². The lowest BCUT2D eigenvalue weighted by atomic mass is 10.1. The molecule has 1 heterocycles. The molecule has 0 spiro atoms. The number of primary sulfonamides is 1. The van der Waals surface area contributed by atoms with Gasteiger partial charge in [0, 0.05) is 12.2 Å². The third-order valence-corrected chi connectivity index (χ3v) is 5.29. The number of sulfonamides is 1. The minimum Gasteiger partial charge on any atom is -0.454 e. The van der Waals surface area contributed by atoms with Gasteiger partial charge in [-0.1, -0.05) is 6.07 Å². The molecule has 1 amide bonds. The van der Waals surface area contributed by atoms with Gasteiger partial charge in [-0.25, -0.2) is 13.6 Å². The minimum atomic E-state index is -3.76. The molecule has 9 heteroatoms. The maximum absolute atomic E-state index is 12.5. The first kappa shape index (κ1) is 19.2. The number of carbonyl (C=O) groups is 1. The summed E-state index contributed by atoms with van der Waals surface area (Å²) in [5.41, 5.74) is 1.50. The van der Waals surface area contributed by atoms with Gasteiger partial charge in [-0.3, -0.25) is 9.69 Å². The summed E-state index contributed by atoms with van der Waals surface area (Å²) in [5, 5.41) is 7.83. The molecule has 0 aliphatic carbocycles. The van der Waals surface area contributed by atoms with Crippen molar-refractivity contribution < 1.29 is 22.7 Å². The predicted molar refractivity (Wildman–Crippen MR) is 99.9 cm³/mol. The quantitative estimate of drug-likeness (QED) is 0.772. The van der Waals surface area contributed by atoms with Gasteiger partial charge in [0.15, 0.2) is 11.5 Å². The number of anilines is 1. The Balaban J connectivity index is 1.61. The molecule has 8 nitrogen and oxygen atoms in total. The van der Waals surface area contributed by atoms with Crippen molar-refractivity contribution in [2.45, 2.75) is 24.4 Å². The fourth-order valence-corrected chi connectivity index (χ4v) is 3.15. The van der Waals surface area contributed by atoms with Crippen LogP contribution in [0.2, 0.25) is 0 Å². The van der Waals surface area contributed by atoms with Crippen molar-refractivity contribution in [3.05, 3.63) is 48.0 Å². The highest BCUT2D eigenvalue weighted by Crippen LogP contribution is 2.32. The average Bonchev–Trinajstić information content (AvgIpc) is 3.08. The lowest BCUT2D eigenvalue weighted by Gasteiger charge is -2.24. The summed E-state index contributed by atoms with van der Waals surface area (Å²) >= 11 is 0. The predicted octanol–water partition coefficient (Wildman–Crippen LogP) is 1.52. The number of nitrogens with zero attached hydrogens (tertiary/aromatic N) is 1. The Kier molecular flexibility index (Phi) is 5.36. The zero-order valence-corrected chi connectivity index (χ0v) is 15.8. The number of carbonyl (C=O) groups excluding carboxylic acids is 1. The van der Waals surface area contributed by atoms with E-state index in [9.17, 15) is 13.2 Å². The smallest absolute Gasteiger partial charge is 0.241 e. The molecule has 27 heavy (non-hydrogen) atoms. The number of fused-ring (bicyclic) bond motifs is 1. The van der Waals surface area contributed by atoms with Gasteiger partial charge in [0.05, 0.1) is 10.9 Å². The molecular formula is C18H21N3O5S. The molecular weight excluding hydrogens is 370 g/mol. The number of hydrogen-bond acceptors (Lipinski definition) is 6. The van der Waals surface area contributed by atoms with E-state index in [2.05, 4.69) is 5.32 Å². The van der Waals surface area contributed by atoms with E-state index in [1.54, 1.807) is 6.92 Å². The summed E-state index contributed by atoms with van der Waals surface area (Å²) in [4.78, 5) is 14.4. The van der Waals surface area contributed by atoms with Crippen LogP contribution in [0, 0.1) is 0 Å². The third kappa shape index (κ3) is 4.57. The monoisotopic (exact) mass is 391 g/mol. The van der Waals surface area contributed by atoms with Crippen LogP contribution in [0.25, 0.3) is 0 Å². The number of hydrogen-bond donors (Lipinski definition) is 2. The van der Waals surface area contributed by atoms with E-state index in [1.165, 1.54) is 24.3 Å². The topological polar surface area (TPSA) is 111 Å². The van der Waals surface area contributed by atoms with Gasteiger partial charge >= 0.3 is 0 Å². The molecule has 1 atom stereocenters. The van der Waals surface area contributed by atoms with Gasteiger partial charge in [0.1, 0.15) is 0 Å². The van der Waals surface area contributed by atoms with E-state index < -0.39 is 16.1 Å². The second-order valence-corrected chi connectivity index (χ2v) is 7.90. The summed E-state index contributed by atoms with van der Waals surface area (Å²) in [6.45, 7) is 2.56. The molecule has 0 saturated heterocycles. The summed E-state index contributed by atoms with van der Waals surface area (Å²) in [5.74, 6) is 1.21. The highest BCUT2D eigenvalue weighted by atomic mass is 32.2. The normalized spacial score (nSPS) is 14.2.